The molecule has 3 rings (SSSR count). The molecule has 2 N–H and O–H groups in total. The van der Waals surface area contributed by atoms with Crippen molar-refractivity contribution in [2.24, 2.45) is 0 Å². The molecule has 0 fully saturated rings. The topological polar surface area (TPSA) is 83.6 Å². The van der Waals surface area contributed by atoms with Gasteiger partial charge < -0.3 is 0 Å². The molecular formula is C23H28F6N4O4S2+2. The molecule has 2 aromatic carbocycles. The molecule has 1 aliphatic heterocycles. The largest absolute Gasteiger partial charge is 0.512 e. The van der Waals surface area contributed by atoms with E-state index >= 15 is 0 Å². The summed E-state index contributed by atoms with van der Waals surface area (Å²) in [4.78, 5) is 0. The van der Waals surface area contributed by atoms with Crippen LogP contribution in [0.1, 0.15) is 40.5 Å². The first kappa shape index (κ1) is 31.0. The van der Waals surface area contributed by atoms with Crippen LogP contribution in [0.15, 0.2) is 72.1 Å². The summed E-state index contributed by atoms with van der Waals surface area (Å²) >= 11 is 0. The third-order valence-corrected chi connectivity index (χ3v) is 10.6. The van der Waals surface area contributed by atoms with Crippen LogP contribution in [-0.4, -0.2) is 42.3 Å². The zero-order valence-electron chi connectivity index (χ0n) is 21.3. The van der Waals surface area contributed by atoms with Crippen LogP contribution in [0.25, 0.3) is 0 Å². The fourth-order valence-corrected chi connectivity index (χ4v) is 8.26. The summed E-state index contributed by atoms with van der Waals surface area (Å²) in [7, 11) is -14.2. The number of nitrogens with one attached hydrogen (secondary N) is 2. The number of allylic oxidation sites excluding steroid dienone is 2. The van der Waals surface area contributed by atoms with Gasteiger partial charge in [-0.2, -0.15) is 26.3 Å². The molecule has 0 aromatic heterocycles. The number of hydrogen-bond donors (Lipinski definition) is 2. The molecule has 39 heavy (non-hydrogen) atoms. The molecule has 16 heteroatoms. The van der Waals surface area contributed by atoms with Crippen LogP contribution in [0.3, 0.4) is 0 Å². The predicted octanol–water partition coefficient (Wildman–Crippen LogP) is 3.33. The van der Waals surface area contributed by atoms with Crippen molar-refractivity contribution in [1.82, 2.24) is 8.83 Å². The van der Waals surface area contributed by atoms with E-state index < -0.39 is 53.3 Å². The van der Waals surface area contributed by atoms with Crippen LogP contribution in [0.5, 0.6) is 0 Å². The van der Waals surface area contributed by atoms with Gasteiger partial charge in [-0.25, -0.2) is 16.8 Å². The zero-order valence-corrected chi connectivity index (χ0v) is 22.9. The van der Waals surface area contributed by atoms with Gasteiger partial charge >= 0.3 is 31.1 Å². The number of rotatable bonds is 8. The monoisotopic (exact) mass is 602 g/mol. The van der Waals surface area contributed by atoms with E-state index in [0.29, 0.717) is 22.8 Å². The molecule has 2 aromatic rings. The van der Waals surface area contributed by atoms with Gasteiger partial charge in [0, 0.05) is 43.2 Å². The first-order valence-corrected chi connectivity index (χ1v) is 14.5. The molecule has 0 saturated heterocycles. The molecule has 0 saturated carbocycles. The van der Waals surface area contributed by atoms with E-state index in [1.54, 1.807) is 74.5 Å². The van der Waals surface area contributed by atoms with Crippen molar-refractivity contribution in [3.05, 3.63) is 72.1 Å². The maximum Gasteiger partial charge on any atom is 0.512 e. The van der Waals surface area contributed by atoms with Crippen LogP contribution in [0.2, 0.25) is 0 Å². The van der Waals surface area contributed by atoms with Crippen LogP contribution < -0.4 is 10.0 Å². The van der Waals surface area contributed by atoms with Crippen molar-refractivity contribution in [2.45, 2.75) is 57.2 Å². The number of benzene rings is 2. The van der Waals surface area contributed by atoms with E-state index in [1.807, 2.05) is 0 Å². The van der Waals surface area contributed by atoms with Gasteiger partial charge in [-0.15, -0.1) is 10.0 Å². The van der Waals surface area contributed by atoms with Crippen molar-refractivity contribution in [3.8, 4) is 0 Å². The Kier molecular flexibility index (Phi) is 8.34. The van der Waals surface area contributed by atoms with E-state index in [2.05, 4.69) is 0 Å². The van der Waals surface area contributed by atoms with Crippen LogP contribution in [0, 0.1) is 0 Å². The minimum absolute atomic E-state index is 0.0791. The second kappa shape index (κ2) is 10.5. The van der Waals surface area contributed by atoms with Gasteiger partial charge in [0.05, 0.1) is 0 Å². The number of sulfonamides is 2. The molecule has 2 unspecified atom stereocenters. The highest BCUT2D eigenvalue weighted by atomic mass is 32.3. The van der Waals surface area contributed by atoms with E-state index in [-0.39, 0.29) is 10.0 Å². The van der Waals surface area contributed by atoms with Crippen LogP contribution in [0.4, 0.5) is 37.7 Å². The molecule has 1 aliphatic rings. The molecule has 2 atom stereocenters. The second-order valence-electron chi connectivity index (χ2n) is 8.80. The molecule has 0 aliphatic carbocycles. The number of hydrogen-bond acceptors (Lipinski definition) is 5. The Labute approximate surface area is 222 Å². The number of halogens is 6. The summed E-state index contributed by atoms with van der Waals surface area (Å²) in [6.45, 7) is 5.44. The lowest BCUT2D eigenvalue weighted by atomic mass is 10.1. The molecule has 8 nitrogen and oxygen atoms in total. The van der Waals surface area contributed by atoms with Gasteiger partial charge in [0.1, 0.15) is 0 Å². The van der Waals surface area contributed by atoms with Crippen LogP contribution >= 0.6 is 0 Å². The Balaban J connectivity index is 2.52. The van der Waals surface area contributed by atoms with Gasteiger partial charge in [-0.05, 0) is 16.6 Å². The maximum atomic E-state index is 14.0. The van der Waals surface area contributed by atoms with E-state index in [0.717, 1.165) is 19.0 Å². The third-order valence-electron chi connectivity index (χ3n) is 6.72. The van der Waals surface area contributed by atoms with Gasteiger partial charge in [0.15, 0.2) is 22.8 Å². The normalized spacial score (nSPS) is 20.2. The van der Waals surface area contributed by atoms with Gasteiger partial charge in [-0.1, -0.05) is 50.2 Å². The summed E-state index contributed by atoms with van der Waals surface area (Å²) < 4.78 is 134. The first-order chi connectivity index (χ1) is 17.9. The Morgan fingerprint density at radius 2 is 0.974 bits per heavy atom. The lowest BCUT2D eigenvalue weighted by molar-refractivity contribution is -1.15. The van der Waals surface area contributed by atoms with E-state index in [4.69, 9.17) is 0 Å². The molecule has 216 valence electrons. The molecule has 1 heterocycles. The highest BCUT2D eigenvalue weighted by Gasteiger charge is 2.73. The number of quaternary nitrogens is 2. The lowest BCUT2D eigenvalue weighted by Crippen LogP contribution is -3.31. The van der Waals surface area contributed by atoms with Crippen molar-refractivity contribution >= 4 is 31.4 Å². The van der Waals surface area contributed by atoms with E-state index in [1.165, 1.54) is 0 Å². The maximum absolute atomic E-state index is 14.0. The highest BCUT2D eigenvalue weighted by Crippen LogP contribution is 2.43. The van der Waals surface area contributed by atoms with Gasteiger partial charge in [0.2, 0.25) is 5.66 Å². The quantitative estimate of drug-likeness (QED) is 0.453. The van der Waals surface area contributed by atoms with Gasteiger partial charge in [-0.3, -0.25) is 0 Å². The Morgan fingerprint density at radius 1 is 0.667 bits per heavy atom. The molecule has 0 radical (unpaired) electrons. The Bertz CT molecular complexity index is 1330. The standard InChI is InChI=1S/C23H26F6N4O4S2/c1-5-21(6-2,33(38(34,35)22(24,25)26)39(36,37)23(27,28)29)32-30(19-13-9-7-10-14-19)17(3)18(4)31(32)20-15-11-8-12-16-20/h7-16H,5-6H2,1-4H3/p+2. The Morgan fingerprint density at radius 3 is 1.23 bits per heavy atom. The minimum atomic E-state index is -7.11. The molecule has 0 amide bonds. The second-order valence-corrected chi connectivity index (χ2v) is 12.6. The summed E-state index contributed by atoms with van der Waals surface area (Å²) in [6, 6.07) is 15.8. The molecule has 0 bridgehead atoms. The Hall–Kier alpha value is -2.50. The summed E-state index contributed by atoms with van der Waals surface area (Å²) in [5.41, 5.74) is -14.1. The number of alkyl halides is 6. The third kappa shape index (κ3) is 4.97. The first-order valence-electron chi connectivity index (χ1n) is 11.7. The van der Waals surface area contributed by atoms with Crippen molar-refractivity contribution in [1.29, 1.82) is 0 Å². The minimum Gasteiger partial charge on any atom is -0.202 e. The fourth-order valence-electron chi connectivity index (χ4n) is 4.77. The average molecular weight is 603 g/mol. The smallest absolute Gasteiger partial charge is 0.202 e. The SMILES string of the molecule is CCC(CC)(N1[NH+](c2ccccc2)C(C)=C(C)[NH+]1c1ccccc1)N(S(=O)(=O)C(F)(F)F)S(=O)(=O)C(F)(F)F. The summed E-state index contributed by atoms with van der Waals surface area (Å²) in [5, 5.41) is 1.17. The van der Waals surface area contributed by atoms with Crippen molar-refractivity contribution in [3.63, 3.8) is 0 Å². The van der Waals surface area contributed by atoms with Crippen molar-refractivity contribution in [2.75, 3.05) is 0 Å². The molecule has 0 spiro atoms. The van der Waals surface area contributed by atoms with Crippen molar-refractivity contribution < 1.29 is 53.2 Å². The average Bonchev–Trinajstić information content (AvgIpc) is 3.12. The zero-order chi connectivity index (χ0) is 29.6. The van der Waals surface area contributed by atoms with E-state index in [9.17, 15) is 43.2 Å². The summed E-state index contributed by atoms with van der Waals surface area (Å²) in [6.07, 6.45) is -1.53. The van der Waals surface area contributed by atoms with Crippen LogP contribution in [-0.2, 0) is 20.0 Å². The number of nitrogens with zero attached hydrogens (tertiary/aromatic N) is 2. The van der Waals surface area contributed by atoms with Gasteiger partial charge in [0.25, 0.3) is 0 Å². The molecular weight excluding hydrogens is 574 g/mol. The predicted molar refractivity (Wildman–Crippen MR) is 129 cm³/mol. The lowest BCUT2D eigenvalue weighted by Gasteiger charge is -2.45. The highest BCUT2D eigenvalue weighted by molar-refractivity contribution is 8.04. The summed E-state index contributed by atoms with van der Waals surface area (Å²) in [5.74, 6) is 0. The number of para-hydroxylation sites is 2. The fraction of sp³-hybridized carbons (Fsp3) is 0.391.